The van der Waals surface area contributed by atoms with Crippen molar-refractivity contribution in [2.75, 3.05) is 6.54 Å². The molecule has 0 spiro atoms. The predicted octanol–water partition coefficient (Wildman–Crippen LogP) is 2.07. The van der Waals surface area contributed by atoms with E-state index in [4.69, 9.17) is 0 Å². The van der Waals surface area contributed by atoms with Crippen LogP contribution in [0.15, 0.2) is 22.6 Å². The maximum absolute atomic E-state index is 12.0. The second-order valence-electron chi connectivity index (χ2n) is 4.35. The fourth-order valence-corrected chi connectivity index (χ4v) is 2.50. The van der Waals surface area contributed by atoms with E-state index in [1.165, 1.54) is 28.4 Å². The third-order valence-corrected chi connectivity index (χ3v) is 3.67. The topological polar surface area (TPSA) is 63.5 Å². The van der Waals surface area contributed by atoms with Gasteiger partial charge in [0.05, 0.1) is 0 Å². The molecule has 0 bridgehead atoms. The van der Waals surface area contributed by atoms with Crippen LogP contribution in [0.3, 0.4) is 0 Å². The number of amides is 1. The minimum atomic E-state index is -0.338. The van der Waals surface area contributed by atoms with Crippen LogP contribution in [0.2, 0.25) is 0 Å². The Morgan fingerprint density at radius 2 is 2.26 bits per heavy atom. The van der Waals surface area contributed by atoms with Gasteiger partial charge in [0.1, 0.15) is 5.56 Å². The van der Waals surface area contributed by atoms with E-state index in [0.717, 1.165) is 19.3 Å². The van der Waals surface area contributed by atoms with Crippen LogP contribution in [0.1, 0.15) is 43.0 Å². The number of nitrogens with one attached hydrogen (secondary N) is 1. The zero-order chi connectivity index (χ0) is 13.7. The number of thiazole rings is 1. The van der Waals surface area contributed by atoms with Gasteiger partial charge >= 0.3 is 0 Å². The first-order valence-corrected chi connectivity index (χ1v) is 7.35. The standard InChI is InChI=1S/C13H17N3O2S/c1-2-3-4-5-6-14-11(17)10-9-15-13-16(12(10)18)7-8-19-13/h7-9H,2-6H2,1H3,(H,14,17). The highest BCUT2D eigenvalue weighted by atomic mass is 32.1. The summed E-state index contributed by atoms with van der Waals surface area (Å²) >= 11 is 1.37. The van der Waals surface area contributed by atoms with E-state index in [1.807, 2.05) is 0 Å². The van der Waals surface area contributed by atoms with Crippen LogP contribution in [-0.4, -0.2) is 21.8 Å². The van der Waals surface area contributed by atoms with Crippen molar-refractivity contribution in [1.29, 1.82) is 0 Å². The normalized spacial score (nSPS) is 10.8. The maximum Gasteiger partial charge on any atom is 0.271 e. The monoisotopic (exact) mass is 279 g/mol. The molecule has 0 saturated carbocycles. The Balaban J connectivity index is 2.01. The van der Waals surface area contributed by atoms with E-state index < -0.39 is 0 Å². The summed E-state index contributed by atoms with van der Waals surface area (Å²) in [6.45, 7) is 2.74. The van der Waals surface area contributed by atoms with Crippen LogP contribution < -0.4 is 10.9 Å². The molecule has 6 heteroatoms. The van der Waals surface area contributed by atoms with Crippen LogP contribution in [0.4, 0.5) is 0 Å². The summed E-state index contributed by atoms with van der Waals surface area (Å²) in [5.74, 6) is -0.338. The predicted molar refractivity (Wildman–Crippen MR) is 75.8 cm³/mol. The van der Waals surface area contributed by atoms with Crippen molar-refractivity contribution in [2.24, 2.45) is 0 Å². The van der Waals surface area contributed by atoms with Crippen LogP contribution in [-0.2, 0) is 0 Å². The fraction of sp³-hybridized carbons (Fsp3) is 0.462. The van der Waals surface area contributed by atoms with Crippen LogP contribution in [0.5, 0.6) is 0 Å². The molecule has 0 atom stereocenters. The Bertz CT molecular complexity index is 618. The first kappa shape index (κ1) is 13.7. The number of aromatic nitrogens is 2. The second kappa shape index (κ2) is 6.47. The highest BCUT2D eigenvalue weighted by Crippen LogP contribution is 2.05. The average molecular weight is 279 g/mol. The number of hydrogen-bond donors (Lipinski definition) is 1. The second-order valence-corrected chi connectivity index (χ2v) is 5.22. The van der Waals surface area contributed by atoms with E-state index >= 15 is 0 Å². The molecule has 2 heterocycles. The number of rotatable bonds is 6. The maximum atomic E-state index is 12.0. The molecule has 0 aromatic carbocycles. The number of carbonyl (C=O) groups excluding carboxylic acids is 1. The Kier molecular flexibility index (Phi) is 4.68. The minimum absolute atomic E-state index is 0.103. The van der Waals surface area contributed by atoms with Gasteiger partial charge in [-0.25, -0.2) is 4.98 Å². The van der Waals surface area contributed by atoms with E-state index in [9.17, 15) is 9.59 Å². The molecule has 2 rings (SSSR count). The molecule has 0 radical (unpaired) electrons. The van der Waals surface area contributed by atoms with Gasteiger partial charge in [0, 0.05) is 24.3 Å². The van der Waals surface area contributed by atoms with Crippen LogP contribution >= 0.6 is 11.3 Å². The van der Waals surface area contributed by atoms with Gasteiger partial charge < -0.3 is 5.32 Å². The highest BCUT2D eigenvalue weighted by Gasteiger charge is 2.12. The molecule has 1 amide bonds. The number of hydrogen-bond acceptors (Lipinski definition) is 4. The Morgan fingerprint density at radius 3 is 3.05 bits per heavy atom. The Morgan fingerprint density at radius 1 is 1.42 bits per heavy atom. The minimum Gasteiger partial charge on any atom is -0.352 e. The van der Waals surface area contributed by atoms with Crippen molar-refractivity contribution in [3.8, 4) is 0 Å². The fourth-order valence-electron chi connectivity index (χ4n) is 1.83. The zero-order valence-electron chi connectivity index (χ0n) is 10.9. The molecule has 0 saturated heterocycles. The van der Waals surface area contributed by atoms with Gasteiger partial charge in [-0.1, -0.05) is 26.2 Å². The van der Waals surface area contributed by atoms with Crippen LogP contribution in [0.25, 0.3) is 4.96 Å². The summed E-state index contributed by atoms with van der Waals surface area (Å²) < 4.78 is 1.40. The van der Waals surface area contributed by atoms with Gasteiger partial charge in [-0.2, -0.15) is 0 Å². The summed E-state index contributed by atoms with van der Waals surface area (Å²) in [5.41, 5.74) is -0.205. The van der Waals surface area contributed by atoms with E-state index in [-0.39, 0.29) is 17.0 Å². The van der Waals surface area contributed by atoms with Gasteiger partial charge in [0.15, 0.2) is 4.96 Å². The lowest BCUT2D eigenvalue weighted by molar-refractivity contribution is 0.0951. The lowest BCUT2D eigenvalue weighted by Crippen LogP contribution is -2.31. The summed E-state index contributed by atoms with van der Waals surface area (Å²) in [6, 6.07) is 0. The van der Waals surface area contributed by atoms with Gasteiger partial charge in [0.25, 0.3) is 11.5 Å². The van der Waals surface area contributed by atoms with Crippen molar-refractivity contribution in [1.82, 2.24) is 14.7 Å². The number of nitrogens with zero attached hydrogens (tertiary/aromatic N) is 2. The first-order valence-electron chi connectivity index (χ1n) is 6.47. The third-order valence-electron chi connectivity index (χ3n) is 2.90. The van der Waals surface area contributed by atoms with Gasteiger partial charge in [-0.3, -0.25) is 14.0 Å². The van der Waals surface area contributed by atoms with Crippen molar-refractivity contribution >= 4 is 22.2 Å². The summed E-state index contributed by atoms with van der Waals surface area (Å²) in [7, 11) is 0. The van der Waals surface area contributed by atoms with Gasteiger partial charge in [-0.15, -0.1) is 11.3 Å². The van der Waals surface area contributed by atoms with Crippen molar-refractivity contribution in [3.05, 3.63) is 33.7 Å². The van der Waals surface area contributed by atoms with E-state index in [0.29, 0.717) is 11.5 Å². The lowest BCUT2D eigenvalue weighted by Gasteiger charge is -2.04. The molecular weight excluding hydrogens is 262 g/mol. The molecule has 0 aliphatic carbocycles. The molecule has 2 aromatic rings. The quantitative estimate of drug-likeness (QED) is 0.823. The highest BCUT2D eigenvalue weighted by molar-refractivity contribution is 7.15. The van der Waals surface area contributed by atoms with Gasteiger partial charge in [0.2, 0.25) is 0 Å². The Labute approximate surface area is 115 Å². The first-order chi connectivity index (χ1) is 9.24. The zero-order valence-corrected chi connectivity index (χ0v) is 11.7. The SMILES string of the molecule is CCCCCCNC(=O)c1cnc2sccn2c1=O. The van der Waals surface area contributed by atoms with Crippen molar-refractivity contribution in [3.63, 3.8) is 0 Å². The van der Waals surface area contributed by atoms with Crippen molar-refractivity contribution < 1.29 is 4.79 Å². The molecule has 2 aromatic heterocycles. The molecular formula is C13H17N3O2S. The molecule has 0 aliphatic heterocycles. The summed E-state index contributed by atoms with van der Waals surface area (Å²) in [5, 5.41) is 4.54. The largest absolute Gasteiger partial charge is 0.352 e. The molecule has 102 valence electrons. The molecule has 0 unspecified atom stereocenters. The van der Waals surface area contributed by atoms with Crippen LogP contribution in [0, 0.1) is 0 Å². The Hall–Kier alpha value is -1.69. The molecule has 0 fully saturated rings. The molecule has 1 N–H and O–H groups in total. The smallest absolute Gasteiger partial charge is 0.271 e. The number of carbonyl (C=O) groups is 1. The molecule has 19 heavy (non-hydrogen) atoms. The van der Waals surface area contributed by atoms with E-state index in [1.54, 1.807) is 11.6 Å². The molecule has 0 aliphatic rings. The summed E-state index contributed by atoms with van der Waals surface area (Å²) in [4.78, 5) is 28.6. The number of unbranched alkanes of at least 4 members (excludes halogenated alkanes) is 3. The summed E-state index contributed by atoms with van der Waals surface area (Å²) in [6.07, 6.45) is 7.35. The van der Waals surface area contributed by atoms with E-state index in [2.05, 4.69) is 17.2 Å². The lowest BCUT2D eigenvalue weighted by atomic mass is 10.2. The number of fused-ring (bicyclic) bond motifs is 1. The average Bonchev–Trinajstić information content (AvgIpc) is 2.88. The van der Waals surface area contributed by atoms with Crippen molar-refractivity contribution in [2.45, 2.75) is 32.6 Å². The molecule has 5 nitrogen and oxygen atoms in total. The van der Waals surface area contributed by atoms with Gasteiger partial charge in [-0.05, 0) is 6.42 Å². The third kappa shape index (κ3) is 3.20.